The number of halogens is 3. The van der Waals surface area contributed by atoms with E-state index >= 15 is 0 Å². The molecule has 328 valence electrons. The number of aliphatic hydroxyl groups excluding tert-OH is 2. The smallest absolute Gasteiger partial charge is 0.410 e. The van der Waals surface area contributed by atoms with Crippen LogP contribution in [0.4, 0.5) is 25.0 Å². The Morgan fingerprint density at radius 3 is 1.65 bits per heavy atom. The first-order valence-electron chi connectivity index (χ1n) is 20.1. The number of carbonyl (C=O) groups excluding carboxylic acids is 1. The summed E-state index contributed by atoms with van der Waals surface area (Å²) in [6.07, 6.45) is -0.941. The molecule has 0 aliphatic carbocycles. The number of benzene rings is 4. The zero-order valence-electron chi connectivity index (χ0n) is 36.8. The summed E-state index contributed by atoms with van der Waals surface area (Å²) >= 11 is 0. The van der Waals surface area contributed by atoms with Crippen molar-refractivity contribution in [3.63, 3.8) is 0 Å². The highest BCUT2D eigenvalue weighted by molar-refractivity contribution is 5.85. The lowest BCUT2D eigenvalue weighted by Crippen LogP contribution is -2.55. The van der Waals surface area contributed by atoms with Crippen LogP contribution in [-0.4, -0.2) is 91.5 Å². The van der Waals surface area contributed by atoms with Crippen LogP contribution in [0.2, 0.25) is 0 Å². The number of hydrogen-bond donors (Lipinski definition) is 3. The molecule has 6 rings (SSSR count). The van der Waals surface area contributed by atoms with Crippen LogP contribution in [0.25, 0.3) is 0 Å². The van der Waals surface area contributed by atoms with Gasteiger partial charge in [0, 0.05) is 69.4 Å². The molecule has 0 saturated carbocycles. The van der Waals surface area contributed by atoms with Crippen LogP contribution in [0.1, 0.15) is 82.8 Å². The molecule has 0 aromatic heterocycles. The Kier molecular flexibility index (Phi) is 15.5. The number of anilines is 2. The Labute approximate surface area is 360 Å². The molecule has 4 aromatic rings. The Morgan fingerprint density at radius 1 is 0.717 bits per heavy atom. The summed E-state index contributed by atoms with van der Waals surface area (Å²) in [5.74, 6) is 0.881. The quantitative estimate of drug-likeness (QED) is 0.145. The molecule has 13 heteroatoms. The summed E-state index contributed by atoms with van der Waals surface area (Å²) in [5.41, 5.74) is 3.31. The van der Waals surface area contributed by atoms with Crippen molar-refractivity contribution in [1.82, 2.24) is 10.2 Å². The highest BCUT2D eigenvalue weighted by Gasteiger charge is 2.48. The van der Waals surface area contributed by atoms with E-state index in [1.54, 1.807) is 29.2 Å². The van der Waals surface area contributed by atoms with Gasteiger partial charge in [0.05, 0.1) is 12.1 Å². The highest BCUT2D eigenvalue weighted by atomic mass is 35.5. The van der Waals surface area contributed by atoms with Gasteiger partial charge in [-0.05, 0) is 115 Å². The van der Waals surface area contributed by atoms with Crippen molar-refractivity contribution in [2.45, 2.75) is 102 Å². The van der Waals surface area contributed by atoms with E-state index < -0.39 is 41.1 Å². The minimum Gasteiger partial charge on any atom is -0.485 e. The number of rotatable bonds is 10. The van der Waals surface area contributed by atoms with Crippen LogP contribution in [-0.2, 0) is 17.6 Å². The van der Waals surface area contributed by atoms with Crippen LogP contribution >= 0.6 is 12.4 Å². The third-order valence-corrected chi connectivity index (χ3v) is 10.7. The van der Waals surface area contributed by atoms with Gasteiger partial charge in [0.2, 0.25) is 0 Å². The van der Waals surface area contributed by atoms with Crippen molar-refractivity contribution in [2.75, 3.05) is 51.1 Å². The maximum absolute atomic E-state index is 13.4. The van der Waals surface area contributed by atoms with E-state index in [1.807, 2.05) is 123 Å². The summed E-state index contributed by atoms with van der Waals surface area (Å²) in [7, 11) is 7.86. The molecule has 2 aliphatic rings. The van der Waals surface area contributed by atoms with Gasteiger partial charge in [-0.3, -0.25) is 4.90 Å². The van der Waals surface area contributed by atoms with Crippen LogP contribution in [0.5, 0.6) is 11.5 Å². The third-order valence-electron chi connectivity index (χ3n) is 10.7. The fraction of sp³-hybridized carbons (Fsp3) is 0.468. The molecule has 10 nitrogen and oxygen atoms in total. The van der Waals surface area contributed by atoms with E-state index in [9.17, 15) is 23.8 Å². The molecule has 0 fully saturated rings. The minimum absolute atomic E-state index is 0. The molecule has 0 unspecified atom stereocenters. The molecule has 4 aromatic carbocycles. The lowest BCUT2D eigenvalue weighted by atomic mass is 9.85. The number of amides is 1. The van der Waals surface area contributed by atoms with Crippen LogP contribution in [0.3, 0.4) is 0 Å². The van der Waals surface area contributed by atoms with Gasteiger partial charge in [0.1, 0.15) is 52.1 Å². The van der Waals surface area contributed by atoms with Crippen LogP contribution in [0.15, 0.2) is 84.9 Å². The second-order valence-electron chi connectivity index (χ2n) is 17.8. The first-order chi connectivity index (χ1) is 27.6. The molecule has 0 radical (unpaired) electrons. The topological polar surface area (TPSA) is 107 Å². The first-order valence-corrected chi connectivity index (χ1v) is 20.1. The number of ether oxygens (including phenoxy) is 3. The summed E-state index contributed by atoms with van der Waals surface area (Å²) in [4.78, 5) is 18.9. The van der Waals surface area contributed by atoms with Gasteiger partial charge >= 0.3 is 6.09 Å². The summed E-state index contributed by atoms with van der Waals surface area (Å²) < 4.78 is 44.3. The standard InChI is InChI=1S/C26H35FN2O4.C21H27FN2O2.ClH/c1-25(2,3)33-24(31)29(15-14-17-8-10-18(27)11-9-17)22-20-13-12-19(28(6)7)16-21(20)32-26(4,5)23(22)30;1-21(2)20(25)19(23-12-11-14-5-7-15(22)8-6-14)17-10-9-16(24(3)4)13-18(17)26-21;/h8-13,16,22-23,30H,14-15H2,1-7H3;5-10,13,19-20,23,25H,11-12H2,1-4H3;1H/t22-,23+;19-,20+;/m00./s1. The van der Waals surface area contributed by atoms with Crippen molar-refractivity contribution in [3.8, 4) is 11.5 Å². The Bertz CT molecular complexity index is 2040. The molecule has 60 heavy (non-hydrogen) atoms. The monoisotopic (exact) mass is 852 g/mol. The Balaban J connectivity index is 0.000000267. The minimum atomic E-state index is -0.990. The second-order valence-corrected chi connectivity index (χ2v) is 17.8. The van der Waals surface area contributed by atoms with Crippen molar-refractivity contribution in [3.05, 3.63) is 119 Å². The fourth-order valence-electron chi connectivity index (χ4n) is 7.24. The molecule has 3 N–H and O–H groups in total. The van der Waals surface area contributed by atoms with E-state index in [0.29, 0.717) is 18.7 Å². The molecule has 0 spiro atoms. The molecular formula is C47H63ClF2N4O6. The molecule has 0 saturated heterocycles. The van der Waals surface area contributed by atoms with Gasteiger partial charge in [0.25, 0.3) is 0 Å². The van der Waals surface area contributed by atoms with E-state index in [-0.39, 0.29) is 36.6 Å². The largest absolute Gasteiger partial charge is 0.485 e. The number of aliphatic hydroxyl groups is 2. The van der Waals surface area contributed by atoms with Gasteiger partial charge in [0.15, 0.2) is 0 Å². The summed E-state index contributed by atoms with van der Waals surface area (Å²) in [5, 5.41) is 25.6. The lowest BCUT2D eigenvalue weighted by Gasteiger charge is -2.46. The number of carbonyl (C=O) groups is 1. The average Bonchev–Trinajstić information content (AvgIpc) is 3.15. The molecule has 2 aliphatic heterocycles. The van der Waals surface area contributed by atoms with Gasteiger partial charge < -0.3 is 39.5 Å². The number of nitrogens with one attached hydrogen (secondary N) is 1. The predicted octanol–water partition coefficient (Wildman–Crippen LogP) is 8.66. The van der Waals surface area contributed by atoms with Crippen molar-refractivity contribution in [1.29, 1.82) is 0 Å². The average molecular weight is 853 g/mol. The van der Waals surface area contributed by atoms with E-state index in [1.165, 1.54) is 24.3 Å². The van der Waals surface area contributed by atoms with E-state index in [4.69, 9.17) is 14.2 Å². The molecule has 1 amide bonds. The molecular weight excluding hydrogens is 790 g/mol. The Morgan fingerprint density at radius 2 is 1.17 bits per heavy atom. The Hall–Kier alpha value is -4.62. The van der Waals surface area contributed by atoms with Gasteiger partial charge in [-0.15, -0.1) is 12.4 Å². The maximum atomic E-state index is 13.4. The first kappa shape index (κ1) is 48.1. The third kappa shape index (κ3) is 11.8. The van der Waals surface area contributed by atoms with Gasteiger partial charge in [-0.2, -0.15) is 0 Å². The van der Waals surface area contributed by atoms with Crippen LogP contribution < -0.4 is 24.6 Å². The van der Waals surface area contributed by atoms with Crippen molar-refractivity contribution >= 4 is 29.9 Å². The normalized spacial score (nSPS) is 19.7. The maximum Gasteiger partial charge on any atom is 0.410 e. The molecule has 2 heterocycles. The van der Waals surface area contributed by atoms with E-state index in [2.05, 4.69) is 5.32 Å². The second kappa shape index (κ2) is 19.4. The number of hydrogen-bond acceptors (Lipinski definition) is 9. The molecule has 4 atom stereocenters. The van der Waals surface area contributed by atoms with E-state index in [0.717, 1.165) is 45.8 Å². The van der Waals surface area contributed by atoms with Gasteiger partial charge in [-0.25, -0.2) is 13.6 Å². The summed E-state index contributed by atoms with van der Waals surface area (Å²) in [6, 6.07) is 23.6. The fourth-order valence-corrected chi connectivity index (χ4v) is 7.24. The SMILES string of the molecule is CN(C)c1ccc2c(c1)OC(C)(C)[C@H](O)[C@H]2N(CCc1ccc(F)cc1)C(=O)OC(C)(C)C.CN(C)c1ccc2c(c1)OC(C)(C)[C@H](O)[C@H]2NCCc1ccc(F)cc1.Cl. The highest BCUT2D eigenvalue weighted by Crippen LogP contribution is 2.45. The lowest BCUT2D eigenvalue weighted by molar-refractivity contribution is -0.0937. The zero-order valence-corrected chi connectivity index (χ0v) is 37.6. The predicted molar refractivity (Wildman–Crippen MR) is 237 cm³/mol. The number of nitrogens with zero attached hydrogens (tertiary/aromatic N) is 3. The van der Waals surface area contributed by atoms with Crippen molar-refractivity contribution in [2.24, 2.45) is 0 Å². The number of fused-ring (bicyclic) bond motifs is 2. The van der Waals surface area contributed by atoms with Crippen LogP contribution in [0, 0.1) is 11.6 Å². The van der Waals surface area contributed by atoms with Gasteiger partial charge in [-0.1, -0.05) is 36.4 Å². The molecule has 0 bridgehead atoms. The zero-order chi connectivity index (χ0) is 43.4. The summed E-state index contributed by atoms with van der Waals surface area (Å²) in [6.45, 7) is 13.8. The van der Waals surface area contributed by atoms with Crippen molar-refractivity contribution < 1.29 is 38.0 Å².